The monoisotopic (exact) mass is 252 g/mol. The summed E-state index contributed by atoms with van der Waals surface area (Å²) >= 11 is 6.26. The van der Waals surface area contributed by atoms with Crippen LogP contribution in [0.15, 0.2) is 24.3 Å². The summed E-state index contributed by atoms with van der Waals surface area (Å²) in [5.74, 6) is 2.42. The molecule has 2 rings (SSSR count). The first-order chi connectivity index (χ1) is 8.20. The number of benzene rings is 1. The Bertz CT molecular complexity index is 346. The van der Waals surface area contributed by atoms with Crippen molar-refractivity contribution in [3.63, 3.8) is 0 Å². The Morgan fingerprint density at radius 1 is 1.24 bits per heavy atom. The van der Waals surface area contributed by atoms with Crippen LogP contribution in [0.3, 0.4) is 0 Å². The third-order valence-electron chi connectivity index (χ3n) is 4.09. The van der Waals surface area contributed by atoms with Crippen molar-refractivity contribution in [3.8, 4) is 5.75 Å². The lowest BCUT2D eigenvalue weighted by Gasteiger charge is -2.16. The van der Waals surface area contributed by atoms with Crippen LogP contribution in [0, 0.1) is 11.8 Å². The van der Waals surface area contributed by atoms with Crippen molar-refractivity contribution in [2.75, 3.05) is 7.11 Å². The van der Waals surface area contributed by atoms with Gasteiger partial charge < -0.3 is 4.74 Å². The van der Waals surface area contributed by atoms with E-state index in [1.165, 1.54) is 24.8 Å². The van der Waals surface area contributed by atoms with Crippen LogP contribution >= 0.6 is 11.6 Å². The lowest BCUT2D eigenvalue weighted by Crippen LogP contribution is -2.11. The molecule has 1 saturated carbocycles. The minimum atomic E-state index is 0.399. The highest BCUT2D eigenvalue weighted by molar-refractivity contribution is 6.20. The number of alkyl halides is 1. The molecule has 0 spiro atoms. The number of aryl methyl sites for hydroxylation is 1. The molecule has 1 aliphatic rings. The van der Waals surface area contributed by atoms with E-state index in [2.05, 4.69) is 19.1 Å². The van der Waals surface area contributed by atoms with E-state index in [0.29, 0.717) is 11.3 Å². The second kappa shape index (κ2) is 5.77. The predicted molar refractivity (Wildman–Crippen MR) is 72.8 cm³/mol. The van der Waals surface area contributed by atoms with Crippen LogP contribution < -0.4 is 4.74 Å². The topological polar surface area (TPSA) is 9.23 Å². The van der Waals surface area contributed by atoms with Gasteiger partial charge in [-0.05, 0) is 55.2 Å². The van der Waals surface area contributed by atoms with Gasteiger partial charge in [-0.2, -0.15) is 0 Å². The summed E-state index contributed by atoms with van der Waals surface area (Å²) < 4.78 is 5.16. The summed E-state index contributed by atoms with van der Waals surface area (Å²) in [5, 5.41) is 0.399. The maximum absolute atomic E-state index is 6.26. The SMILES string of the molecule is COc1ccc(CCC2CCC(Cl)C2C)cc1. The van der Waals surface area contributed by atoms with Crippen molar-refractivity contribution < 1.29 is 4.74 Å². The summed E-state index contributed by atoms with van der Waals surface area (Å²) in [5.41, 5.74) is 1.40. The number of methoxy groups -OCH3 is 1. The lowest BCUT2D eigenvalue weighted by atomic mass is 9.91. The first kappa shape index (κ1) is 12.8. The second-order valence-electron chi connectivity index (χ2n) is 5.10. The minimum Gasteiger partial charge on any atom is -0.497 e. The molecule has 0 saturated heterocycles. The molecule has 0 aliphatic heterocycles. The maximum Gasteiger partial charge on any atom is 0.118 e. The fourth-order valence-electron chi connectivity index (χ4n) is 2.75. The molecule has 1 nitrogen and oxygen atoms in total. The lowest BCUT2D eigenvalue weighted by molar-refractivity contribution is 0.394. The largest absolute Gasteiger partial charge is 0.497 e. The van der Waals surface area contributed by atoms with E-state index in [-0.39, 0.29) is 0 Å². The number of rotatable bonds is 4. The Kier molecular flexibility index (Phi) is 4.33. The van der Waals surface area contributed by atoms with Gasteiger partial charge in [-0.25, -0.2) is 0 Å². The zero-order valence-electron chi connectivity index (χ0n) is 10.7. The van der Waals surface area contributed by atoms with E-state index in [0.717, 1.165) is 18.1 Å². The Morgan fingerprint density at radius 3 is 2.47 bits per heavy atom. The molecular formula is C15H21ClO. The smallest absolute Gasteiger partial charge is 0.118 e. The Morgan fingerprint density at radius 2 is 1.94 bits per heavy atom. The van der Waals surface area contributed by atoms with Crippen LogP contribution in [0.25, 0.3) is 0 Å². The van der Waals surface area contributed by atoms with Gasteiger partial charge in [0.25, 0.3) is 0 Å². The molecule has 3 atom stereocenters. The summed E-state index contributed by atoms with van der Waals surface area (Å²) in [4.78, 5) is 0. The van der Waals surface area contributed by atoms with Gasteiger partial charge in [-0.15, -0.1) is 11.6 Å². The molecule has 0 N–H and O–H groups in total. The van der Waals surface area contributed by atoms with E-state index < -0.39 is 0 Å². The van der Waals surface area contributed by atoms with Crippen molar-refractivity contribution in [1.29, 1.82) is 0 Å². The van der Waals surface area contributed by atoms with E-state index in [1.54, 1.807) is 7.11 Å². The van der Waals surface area contributed by atoms with Crippen LogP contribution in [0.2, 0.25) is 0 Å². The van der Waals surface area contributed by atoms with Gasteiger partial charge in [0.2, 0.25) is 0 Å². The maximum atomic E-state index is 6.26. The van der Waals surface area contributed by atoms with E-state index in [4.69, 9.17) is 16.3 Å². The highest BCUT2D eigenvalue weighted by Gasteiger charge is 2.30. The third kappa shape index (κ3) is 3.16. The average Bonchev–Trinajstić information content (AvgIpc) is 2.68. The van der Waals surface area contributed by atoms with Gasteiger partial charge in [0.15, 0.2) is 0 Å². The molecule has 0 bridgehead atoms. The molecular weight excluding hydrogens is 232 g/mol. The molecule has 1 aromatic carbocycles. The number of hydrogen-bond acceptors (Lipinski definition) is 1. The van der Waals surface area contributed by atoms with Crippen molar-refractivity contribution in [3.05, 3.63) is 29.8 Å². The number of halogens is 1. The molecule has 0 aromatic heterocycles. The third-order valence-corrected chi connectivity index (χ3v) is 4.71. The van der Waals surface area contributed by atoms with Crippen LogP contribution in [0.5, 0.6) is 5.75 Å². The summed E-state index contributed by atoms with van der Waals surface area (Å²) in [6.45, 7) is 2.29. The molecule has 2 heteroatoms. The van der Waals surface area contributed by atoms with E-state index in [1.807, 2.05) is 12.1 Å². The highest BCUT2D eigenvalue weighted by Crippen LogP contribution is 2.37. The predicted octanol–water partition coefficient (Wildman–Crippen LogP) is 4.28. The summed E-state index contributed by atoms with van der Waals surface area (Å²) in [6, 6.07) is 8.41. The Balaban J connectivity index is 1.85. The van der Waals surface area contributed by atoms with Gasteiger partial charge >= 0.3 is 0 Å². The molecule has 1 fully saturated rings. The normalized spacial score (nSPS) is 28.3. The first-order valence-corrected chi connectivity index (χ1v) is 6.91. The summed E-state index contributed by atoms with van der Waals surface area (Å²) in [7, 11) is 1.70. The molecule has 0 heterocycles. The molecule has 3 unspecified atom stereocenters. The van der Waals surface area contributed by atoms with Crippen molar-refractivity contribution in [1.82, 2.24) is 0 Å². The zero-order chi connectivity index (χ0) is 12.3. The number of hydrogen-bond donors (Lipinski definition) is 0. The van der Waals surface area contributed by atoms with Gasteiger partial charge in [-0.3, -0.25) is 0 Å². The standard InChI is InChI=1S/C15H21ClO/c1-11-13(7-10-15(11)16)6-3-12-4-8-14(17-2)9-5-12/h4-5,8-9,11,13,15H,3,6-7,10H2,1-2H3. The van der Waals surface area contributed by atoms with Crippen molar-refractivity contribution >= 4 is 11.6 Å². The van der Waals surface area contributed by atoms with Gasteiger partial charge in [0.05, 0.1) is 7.11 Å². The molecule has 0 radical (unpaired) electrons. The van der Waals surface area contributed by atoms with Crippen LogP contribution in [0.4, 0.5) is 0 Å². The van der Waals surface area contributed by atoms with Gasteiger partial charge in [0.1, 0.15) is 5.75 Å². The molecule has 1 aromatic rings. The van der Waals surface area contributed by atoms with Gasteiger partial charge in [0, 0.05) is 5.38 Å². The van der Waals surface area contributed by atoms with E-state index in [9.17, 15) is 0 Å². The fourth-order valence-corrected chi connectivity index (χ4v) is 3.08. The minimum absolute atomic E-state index is 0.399. The highest BCUT2D eigenvalue weighted by atomic mass is 35.5. The number of ether oxygens (including phenoxy) is 1. The van der Waals surface area contributed by atoms with Crippen LogP contribution in [-0.4, -0.2) is 12.5 Å². The first-order valence-electron chi connectivity index (χ1n) is 6.47. The second-order valence-corrected chi connectivity index (χ2v) is 5.66. The zero-order valence-corrected chi connectivity index (χ0v) is 11.4. The molecule has 0 amide bonds. The average molecular weight is 253 g/mol. The van der Waals surface area contributed by atoms with Crippen LogP contribution in [0.1, 0.15) is 31.7 Å². The van der Waals surface area contributed by atoms with E-state index >= 15 is 0 Å². The Labute approximate surface area is 109 Å². The van der Waals surface area contributed by atoms with Crippen molar-refractivity contribution in [2.45, 2.75) is 38.0 Å². The molecule has 94 valence electrons. The quantitative estimate of drug-likeness (QED) is 0.727. The van der Waals surface area contributed by atoms with Crippen molar-refractivity contribution in [2.24, 2.45) is 11.8 Å². The molecule has 17 heavy (non-hydrogen) atoms. The molecule has 1 aliphatic carbocycles. The summed E-state index contributed by atoms with van der Waals surface area (Å²) in [6.07, 6.45) is 4.90. The van der Waals surface area contributed by atoms with Gasteiger partial charge in [-0.1, -0.05) is 19.1 Å². The Hall–Kier alpha value is -0.690. The van der Waals surface area contributed by atoms with Crippen LogP contribution in [-0.2, 0) is 6.42 Å². The fraction of sp³-hybridized carbons (Fsp3) is 0.600.